The molecule has 3 heterocycles. The predicted octanol–water partition coefficient (Wildman–Crippen LogP) is 2.76. The molecule has 0 radical (unpaired) electrons. The summed E-state index contributed by atoms with van der Waals surface area (Å²) < 4.78 is 35.1. The quantitative estimate of drug-likeness (QED) is 0.840. The smallest absolute Gasteiger partial charge is 0.246 e. The molecule has 2 aliphatic rings. The third-order valence-electron chi connectivity index (χ3n) is 5.14. The number of nitrogens with zero attached hydrogens (tertiary/aromatic N) is 3. The van der Waals surface area contributed by atoms with Crippen LogP contribution in [0.5, 0.6) is 0 Å². The summed E-state index contributed by atoms with van der Waals surface area (Å²) in [6.45, 7) is 1.97. The van der Waals surface area contributed by atoms with Crippen molar-refractivity contribution in [2.45, 2.75) is 42.7 Å². The molecule has 1 aromatic carbocycles. The van der Waals surface area contributed by atoms with Gasteiger partial charge in [-0.1, -0.05) is 30.3 Å². The van der Waals surface area contributed by atoms with Crippen LogP contribution in [0.3, 0.4) is 0 Å². The largest absolute Gasteiger partial charge is 0.381 e. The van der Waals surface area contributed by atoms with E-state index in [4.69, 9.17) is 4.74 Å². The summed E-state index contributed by atoms with van der Waals surface area (Å²) in [6.07, 6.45) is 6.66. The molecular formula is C18H23N3O3S. The van der Waals surface area contributed by atoms with Crippen LogP contribution in [0.15, 0.2) is 47.6 Å². The second kappa shape index (κ2) is 6.90. The summed E-state index contributed by atoms with van der Waals surface area (Å²) in [4.78, 5) is 0.293. The van der Waals surface area contributed by atoms with Gasteiger partial charge in [-0.25, -0.2) is 8.42 Å². The Balaban J connectivity index is 1.59. The third-order valence-corrected chi connectivity index (χ3v) is 7.00. The Hall–Kier alpha value is -1.70. The Bertz CT molecular complexity index is 813. The topological polar surface area (TPSA) is 64.4 Å². The average molecular weight is 361 g/mol. The molecule has 0 aliphatic carbocycles. The summed E-state index contributed by atoms with van der Waals surface area (Å²) in [5.74, 6) is 0. The molecule has 2 fully saturated rings. The van der Waals surface area contributed by atoms with E-state index in [1.165, 1.54) is 6.20 Å². The molecule has 0 spiro atoms. The highest BCUT2D eigenvalue weighted by atomic mass is 32.2. The molecule has 25 heavy (non-hydrogen) atoms. The molecule has 1 atom stereocenters. The van der Waals surface area contributed by atoms with Crippen molar-refractivity contribution >= 4 is 10.0 Å². The van der Waals surface area contributed by atoms with E-state index in [2.05, 4.69) is 5.10 Å². The highest BCUT2D eigenvalue weighted by Crippen LogP contribution is 2.36. The summed E-state index contributed by atoms with van der Waals surface area (Å²) in [5, 5.41) is 4.33. The number of hydrogen-bond acceptors (Lipinski definition) is 4. The molecule has 0 amide bonds. The Morgan fingerprint density at radius 1 is 1.08 bits per heavy atom. The van der Waals surface area contributed by atoms with Gasteiger partial charge in [-0.2, -0.15) is 9.40 Å². The number of aromatic nitrogens is 2. The molecule has 1 aromatic heterocycles. The first-order valence-electron chi connectivity index (χ1n) is 8.85. The van der Waals surface area contributed by atoms with E-state index in [0.29, 0.717) is 24.7 Å². The molecule has 134 valence electrons. The normalized spacial score (nSPS) is 23.1. The first-order valence-corrected chi connectivity index (χ1v) is 10.3. The summed E-state index contributed by atoms with van der Waals surface area (Å²) in [6, 6.07) is 10.0. The minimum Gasteiger partial charge on any atom is -0.381 e. The zero-order valence-electron chi connectivity index (χ0n) is 14.1. The van der Waals surface area contributed by atoms with Crippen molar-refractivity contribution < 1.29 is 13.2 Å². The third kappa shape index (κ3) is 3.23. The molecular weight excluding hydrogens is 338 g/mol. The molecule has 0 saturated carbocycles. The van der Waals surface area contributed by atoms with E-state index in [9.17, 15) is 8.42 Å². The fraction of sp³-hybridized carbons (Fsp3) is 0.500. The highest BCUT2D eigenvalue weighted by Gasteiger charge is 2.37. The van der Waals surface area contributed by atoms with Crippen LogP contribution in [0.25, 0.3) is 0 Å². The molecule has 6 nitrogen and oxygen atoms in total. The number of sulfonamides is 1. The minimum absolute atomic E-state index is 0.0855. The summed E-state index contributed by atoms with van der Waals surface area (Å²) in [5.41, 5.74) is 1.06. The van der Waals surface area contributed by atoms with Gasteiger partial charge in [0.15, 0.2) is 0 Å². The first-order chi connectivity index (χ1) is 12.2. The van der Waals surface area contributed by atoms with Gasteiger partial charge in [0.05, 0.1) is 18.3 Å². The number of hydrogen-bond donors (Lipinski definition) is 0. The van der Waals surface area contributed by atoms with Gasteiger partial charge in [0.1, 0.15) is 4.90 Å². The van der Waals surface area contributed by atoms with Gasteiger partial charge in [0.2, 0.25) is 10.0 Å². The maximum atomic E-state index is 13.2. The summed E-state index contributed by atoms with van der Waals surface area (Å²) in [7, 11) is -3.54. The Labute approximate surface area is 148 Å². The van der Waals surface area contributed by atoms with Crippen molar-refractivity contribution in [1.29, 1.82) is 0 Å². The zero-order chi connectivity index (χ0) is 17.3. The van der Waals surface area contributed by atoms with Crippen LogP contribution in [0.4, 0.5) is 0 Å². The monoisotopic (exact) mass is 361 g/mol. The van der Waals surface area contributed by atoms with E-state index >= 15 is 0 Å². The van der Waals surface area contributed by atoms with E-state index < -0.39 is 10.0 Å². The van der Waals surface area contributed by atoms with Crippen LogP contribution in [-0.2, 0) is 14.8 Å². The van der Waals surface area contributed by atoms with Crippen LogP contribution in [0.2, 0.25) is 0 Å². The lowest BCUT2D eigenvalue weighted by Crippen LogP contribution is -2.30. The van der Waals surface area contributed by atoms with Crippen LogP contribution < -0.4 is 0 Å². The predicted molar refractivity (Wildman–Crippen MR) is 93.6 cm³/mol. The molecule has 1 unspecified atom stereocenters. The average Bonchev–Trinajstić information content (AvgIpc) is 3.33. The number of benzene rings is 1. The lowest BCUT2D eigenvalue weighted by atomic mass is 10.1. The lowest BCUT2D eigenvalue weighted by Gasteiger charge is -2.24. The Kier molecular flexibility index (Phi) is 4.62. The van der Waals surface area contributed by atoms with E-state index in [0.717, 1.165) is 31.2 Å². The van der Waals surface area contributed by atoms with E-state index in [1.807, 2.05) is 30.3 Å². The van der Waals surface area contributed by atoms with Gasteiger partial charge in [0.25, 0.3) is 0 Å². The molecule has 2 saturated heterocycles. The molecule has 4 rings (SSSR count). The standard InChI is InChI=1S/C18H23N3O3S/c22-25(23,17-13-19-20(14-17)16-8-11-24-12-9-16)21-10-4-7-18(21)15-5-2-1-3-6-15/h1-3,5-6,13-14,16,18H,4,7-12H2. The maximum Gasteiger partial charge on any atom is 0.246 e. The van der Waals surface area contributed by atoms with Crippen molar-refractivity contribution in [3.05, 3.63) is 48.3 Å². The second-order valence-electron chi connectivity index (χ2n) is 6.68. The fourth-order valence-electron chi connectivity index (χ4n) is 3.77. The summed E-state index contributed by atoms with van der Waals surface area (Å²) >= 11 is 0. The van der Waals surface area contributed by atoms with Crippen molar-refractivity contribution in [2.75, 3.05) is 19.8 Å². The second-order valence-corrected chi connectivity index (χ2v) is 8.57. The van der Waals surface area contributed by atoms with E-state index in [1.54, 1.807) is 15.2 Å². The number of ether oxygens (including phenoxy) is 1. The van der Waals surface area contributed by atoms with Gasteiger partial charge < -0.3 is 4.74 Å². The van der Waals surface area contributed by atoms with Gasteiger partial charge in [-0.15, -0.1) is 0 Å². The maximum absolute atomic E-state index is 13.2. The van der Waals surface area contributed by atoms with Gasteiger partial charge in [0, 0.05) is 26.0 Å². The van der Waals surface area contributed by atoms with Crippen LogP contribution >= 0.6 is 0 Å². The van der Waals surface area contributed by atoms with Gasteiger partial charge in [-0.3, -0.25) is 4.68 Å². The molecule has 7 heteroatoms. The molecule has 2 aromatic rings. The Morgan fingerprint density at radius 3 is 2.60 bits per heavy atom. The Morgan fingerprint density at radius 2 is 1.84 bits per heavy atom. The molecule has 0 bridgehead atoms. The molecule has 0 N–H and O–H groups in total. The zero-order valence-corrected chi connectivity index (χ0v) is 14.9. The lowest BCUT2D eigenvalue weighted by molar-refractivity contribution is 0.0662. The SMILES string of the molecule is O=S(=O)(c1cnn(C2CCOCC2)c1)N1CCCC1c1ccccc1. The van der Waals surface area contributed by atoms with Crippen molar-refractivity contribution in [3.63, 3.8) is 0 Å². The first kappa shape index (κ1) is 16.8. The van der Waals surface area contributed by atoms with Gasteiger partial charge in [-0.05, 0) is 31.2 Å². The fourth-order valence-corrected chi connectivity index (χ4v) is 5.40. The van der Waals surface area contributed by atoms with Crippen molar-refractivity contribution in [2.24, 2.45) is 0 Å². The van der Waals surface area contributed by atoms with Crippen LogP contribution in [0.1, 0.15) is 43.3 Å². The van der Waals surface area contributed by atoms with Gasteiger partial charge >= 0.3 is 0 Å². The van der Waals surface area contributed by atoms with E-state index in [-0.39, 0.29) is 12.1 Å². The van der Waals surface area contributed by atoms with Crippen LogP contribution in [0, 0.1) is 0 Å². The van der Waals surface area contributed by atoms with Crippen molar-refractivity contribution in [3.8, 4) is 0 Å². The highest BCUT2D eigenvalue weighted by molar-refractivity contribution is 7.89. The number of rotatable bonds is 4. The van der Waals surface area contributed by atoms with Crippen molar-refractivity contribution in [1.82, 2.24) is 14.1 Å². The minimum atomic E-state index is -3.54. The van der Waals surface area contributed by atoms with Crippen LogP contribution in [-0.4, -0.2) is 42.3 Å². The molecule has 2 aliphatic heterocycles.